The zero-order valence-electron chi connectivity index (χ0n) is 23.1. The summed E-state index contributed by atoms with van der Waals surface area (Å²) in [5.74, 6) is -0.477. The molecule has 5 rings (SSSR count). The van der Waals surface area contributed by atoms with Gasteiger partial charge >= 0.3 is 5.97 Å². The molecule has 40 heavy (non-hydrogen) atoms. The van der Waals surface area contributed by atoms with Crippen molar-refractivity contribution in [3.8, 4) is 0 Å². The number of nitrogens with one attached hydrogen (secondary N) is 1. The van der Waals surface area contributed by atoms with Gasteiger partial charge in [-0.2, -0.15) is 0 Å². The second-order valence-corrected chi connectivity index (χ2v) is 11.8. The molecule has 0 saturated carbocycles. The minimum atomic E-state index is -4.00. The molecule has 1 aliphatic heterocycles. The van der Waals surface area contributed by atoms with E-state index in [1.165, 1.54) is 4.31 Å². The quantitative estimate of drug-likeness (QED) is 0.283. The molecule has 3 aromatic carbocycles. The van der Waals surface area contributed by atoms with Crippen LogP contribution in [0.25, 0.3) is 11.0 Å². The van der Waals surface area contributed by atoms with E-state index in [9.17, 15) is 13.2 Å². The number of piperazine rings is 1. The first-order valence-corrected chi connectivity index (χ1v) is 15.1. The molecule has 210 valence electrons. The summed E-state index contributed by atoms with van der Waals surface area (Å²) >= 11 is 0. The van der Waals surface area contributed by atoms with Crippen LogP contribution in [0.1, 0.15) is 35.5 Å². The van der Waals surface area contributed by atoms with E-state index in [4.69, 9.17) is 9.15 Å². The summed E-state index contributed by atoms with van der Waals surface area (Å²) in [7, 11) is -4.00. The summed E-state index contributed by atoms with van der Waals surface area (Å²) in [6, 6.07) is 22.5. The number of carbonyl (C=O) groups is 1. The van der Waals surface area contributed by atoms with E-state index in [2.05, 4.69) is 17.1 Å². The highest BCUT2D eigenvalue weighted by molar-refractivity contribution is 7.92. The number of carbonyl (C=O) groups excluding carboxylic acids is 1. The molecule has 1 aliphatic rings. The number of rotatable bonds is 9. The van der Waals surface area contributed by atoms with Gasteiger partial charge in [0, 0.05) is 43.2 Å². The van der Waals surface area contributed by atoms with E-state index in [1.54, 1.807) is 32.0 Å². The Morgan fingerprint density at radius 3 is 2.60 bits per heavy atom. The van der Waals surface area contributed by atoms with Crippen molar-refractivity contribution >= 4 is 38.3 Å². The molecule has 0 spiro atoms. The zero-order valence-corrected chi connectivity index (χ0v) is 23.9. The number of nitrogens with zero attached hydrogens (tertiary/aromatic N) is 2. The highest BCUT2D eigenvalue weighted by Crippen LogP contribution is 2.36. The molecule has 0 aliphatic carbocycles. The van der Waals surface area contributed by atoms with Crippen LogP contribution in [0.4, 0.5) is 11.4 Å². The summed E-state index contributed by atoms with van der Waals surface area (Å²) < 4.78 is 41.3. The fraction of sp³-hybridized carbons (Fsp3) is 0.323. The standard InChI is InChI=1S/C31H35N3O5S/c1-4-38-31(35)30-23(3)26-20-25(14-15-29(26)39-30)40(36,37)34(18-16-24-10-6-5-7-11-24)28-13-9-8-12-27(28)33-19-17-32-21-22(33)2/h5-15,20,22,32H,4,16-19,21H2,1-3H3/t22-/m1/s1. The van der Waals surface area contributed by atoms with Crippen molar-refractivity contribution in [3.63, 3.8) is 0 Å². The van der Waals surface area contributed by atoms with Gasteiger partial charge in [-0.3, -0.25) is 4.31 Å². The maximum absolute atomic E-state index is 14.4. The topological polar surface area (TPSA) is 92.1 Å². The second kappa shape index (κ2) is 11.7. The Kier molecular flexibility index (Phi) is 8.14. The van der Waals surface area contributed by atoms with Crippen LogP contribution in [-0.4, -0.2) is 53.2 Å². The first-order valence-electron chi connectivity index (χ1n) is 13.6. The Morgan fingerprint density at radius 2 is 1.85 bits per heavy atom. The van der Waals surface area contributed by atoms with Crippen LogP contribution in [0.2, 0.25) is 0 Å². The third kappa shape index (κ3) is 5.44. The molecule has 0 amide bonds. The van der Waals surface area contributed by atoms with Gasteiger partial charge in [0.05, 0.1) is 22.9 Å². The van der Waals surface area contributed by atoms with Crippen LogP contribution in [0.3, 0.4) is 0 Å². The van der Waals surface area contributed by atoms with Crippen LogP contribution in [0, 0.1) is 6.92 Å². The normalized spacial score (nSPS) is 15.8. The van der Waals surface area contributed by atoms with Crippen LogP contribution in [0.15, 0.2) is 82.1 Å². The van der Waals surface area contributed by atoms with Gasteiger partial charge in [0.1, 0.15) is 5.58 Å². The fourth-order valence-corrected chi connectivity index (χ4v) is 6.75. The zero-order chi connectivity index (χ0) is 28.3. The third-order valence-corrected chi connectivity index (χ3v) is 9.17. The fourth-order valence-electron chi connectivity index (χ4n) is 5.24. The monoisotopic (exact) mass is 561 g/mol. The van der Waals surface area contributed by atoms with E-state index in [-0.39, 0.29) is 29.8 Å². The van der Waals surface area contributed by atoms with E-state index in [0.717, 1.165) is 30.9 Å². The van der Waals surface area contributed by atoms with Gasteiger partial charge in [0.2, 0.25) is 5.76 Å². The van der Waals surface area contributed by atoms with E-state index in [1.807, 2.05) is 54.6 Å². The van der Waals surface area contributed by atoms with Crippen LogP contribution in [-0.2, 0) is 21.2 Å². The lowest BCUT2D eigenvalue weighted by Gasteiger charge is -2.38. The predicted molar refractivity (Wildman–Crippen MR) is 158 cm³/mol. The molecule has 0 radical (unpaired) electrons. The lowest BCUT2D eigenvalue weighted by molar-refractivity contribution is 0.0491. The number of hydrogen-bond donors (Lipinski definition) is 1. The summed E-state index contributed by atoms with van der Waals surface area (Å²) in [6.45, 7) is 8.52. The van der Waals surface area contributed by atoms with Crippen molar-refractivity contribution in [2.45, 2.75) is 38.1 Å². The number of benzene rings is 3. The van der Waals surface area contributed by atoms with Gasteiger partial charge in [0.25, 0.3) is 10.0 Å². The van der Waals surface area contributed by atoms with E-state index >= 15 is 0 Å². The Hall–Kier alpha value is -3.82. The van der Waals surface area contributed by atoms with Crippen molar-refractivity contribution in [2.75, 3.05) is 42.0 Å². The number of aryl methyl sites for hydroxylation is 1. The van der Waals surface area contributed by atoms with Gasteiger partial charge < -0.3 is 19.4 Å². The Balaban J connectivity index is 1.59. The molecular weight excluding hydrogens is 526 g/mol. The van der Waals surface area contributed by atoms with Gasteiger partial charge in [-0.1, -0.05) is 42.5 Å². The maximum Gasteiger partial charge on any atom is 0.374 e. The molecule has 4 aromatic rings. The average Bonchev–Trinajstić information content (AvgIpc) is 3.30. The summed E-state index contributed by atoms with van der Waals surface area (Å²) in [5, 5.41) is 3.98. The molecule has 8 nitrogen and oxygen atoms in total. The van der Waals surface area contributed by atoms with Crippen LogP contribution < -0.4 is 14.5 Å². The number of para-hydroxylation sites is 2. The first-order chi connectivity index (χ1) is 19.3. The Labute approximate surface area is 235 Å². The predicted octanol–water partition coefficient (Wildman–Crippen LogP) is 5.15. The third-order valence-electron chi connectivity index (χ3n) is 7.36. The molecule has 1 atom stereocenters. The molecule has 1 aromatic heterocycles. The molecule has 1 N–H and O–H groups in total. The van der Waals surface area contributed by atoms with Gasteiger partial charge in [0.15, 0.2) is 0 Å². The number of esters is 1. The number of sulfonamides is 1. The van der Waals surface area contributed by atoms with Crippen molar-refractivity contribution in [1.29, 1.82) is 0 Å². The summed E-state index contributed by atoms with van der Waals surface area (Å²) in [5.41, 5.74) is 3.57. The largest absolute Gasteiger partial charge is 0.460 e. The molecular formula is C31H35N3O5S. The van der Waals surface area contributed by atoms with E-state index < -0.39 is 16.0 Å². The lowest BCUT2D eigenvalue weighted by Crippen LogP contribution is -2.50. The Bertz CT molecular complexity index is 1600. The SMILES string of the molecule is CCOC(=O)c1oc2ccc(S(=O)(=O)N(CCc3ccccc3)c3ccccc3N3CCNC[C@H]3C)cc2c1C. The minimum absolute atomic E-state index is 0.0883. The van der Waals surface area contributed by atoms with Gasteiger partial charge in [-0.05, 0) is 63.1 Å². The number of furan rings is 1. The average molecular weight is 562 g/mol. The number of ether oxygens (including phenoxy) is 1. The number of anilines is 2. The van der Waals surface area contributed by atoms with Crippen molar-refractivity contribution in [2.24, 2.45) is 0 Å². The number of fused-ring (bicyclic) bond motifs is 1. The molecule has 9 heteroatoms. The molecule has 0 bridgehead atoms. The lowest BCUT2D eigenvalue weighted by atomic mass is 10.1. The summed E-state index contributed by atoms with van der Waals surface area (Å²) in [4.78, 5) is 14.8. The maximum atomic E-state index is 14.4. The smallest absolute Gasteiger partial charge is 0.374 e. The second-order valence-electron chi connectivity index (χ2n) is 9.98. The van der Waals surface area contributed by atoms with E-state index in [0.29, 0.717) is 28.6 Å². The van der Waals surface area contributed by atoms with Crippen LogP contribution >= 0.6 is 0 Å². The Morgan fingerprint density at radius 1 is 1.10 bits per heavy atom. The molecule has 1 saturated heterocycles. The summed E-state index contributed by atoms with van der Waals surface area (Å²) in [6.07, 6.45) is 0.547. The number of hydrogen-bond acceptors (Lipinski definition) is 7. The van der Waals surface area contributed by atoms with Crippen molar-refractivity contribution < 1.29 is 22.4 Å². The van der Waals surface area contributed by atoms with Gasteiger partial charge in [-0.25, -0.2) is 13.2 Å². The highest BCUT2D eigenvalue weighted by atomic mass is 32.2. The highest BCUT2D eigenvalue weighted by Gasteiger charge is 2.31. The van der Waals surface area contributed by atoms with Crippen molar-refractivity contribution in [1.82, 2.24) is 5.32 Å². The van der Waals surface area contributed by atoms with Gasteiger partial charge in [-0.15, -0.1) is 0 Å². The van der Waals surface area contributed by atoms with Crippen molar-refractivity contribution in [3.05, 3.63) is 89.7 Å². The minimum Gasteiger partial charge on any atom is -0.460 e. The molecule has 2 heterocycles. The molecule has 1 fully saturated rings. The molecule has 0 unspecified atom stereocenters. The first kappa shape index (κ1) is 27.7. The van der Waals surface area contributed by atoms with Crippen LogP contribution in [0.5, 0.6) is 0 Å².